The predicted molar refractivity (Wildman–Crippen MR) is 77.3 cm³/mol. The molecule has 1 aromatic carbocycles. The van der Waals surface area contributed by atoms with Crippen LogP contribution in [0.15, 0.2) is 35.7 Å². The van der Waals surface area contributed by atoms with Crippen molar-refractivity contribution in [2.45, 2.75) is 6.54 Å². The first-order chi connectivity index (χ1) is 9.13. The van der Waals surface area contributed by atoms with Crippen LogP contribution in [0.4, 0.5) is 17.1 Å². The molecule has 0 radical (unpaired) electrons. The largest absolute Gasteiger partial charge is 0.364 e. The van der Waals surface area contributed by atoms with E-state index in [1.807, 2.05) is 29.5 Å². The smallest absolute Gasteiger partial charge is 0.316 e. The summed E-state index contributed by atoms with van der Waals surface area (Å²) in [7, 11) is 1.82. The van der Waals surface area contributed by atoms with Crippen molar-refractivity contribution in [1.82, 2.24) is 0 Å². The SMILES string of the molecule is CN(Cc1cccs1)c1cccc(NN)c1[N+](=O)[O-]. The first kappa shape index (κ1) is 13.3. The summed E-state index contributed by atoms with van der Waals surface area (Å²) in [6.45, 7) is 0.618. The van der Waals surface area contributed by atoms with Gasteiger partial charge in [0.1, 0.15) is 11.4 Å². The maximum atomic E-state index is 11.2. The third-order valence-corrected chi connectivity index (χ3v) is 3.60. The van der Waals surface area contributed by atoms with Crippen LogP contribution in [0, 0.1) is 10.1 Å². The maximum absolute atomic E-state index is 11.2. The topological polar surface area (TPSA) is 84.4 Å². The van der Waals surface area contributed by atoms with Gasteiger partial charge in [-0.3, -0.25) is 16.0 Å². The van der Waals surface area contributed by atoms with Crippen molar-refractivity contribution >= 4 is 28.4 Å². The highest BCUT2D eigenvalue weighted by atomic mass is 32.1. The van der Waals surface area contributed by atoms with Gasteiger partial charge in [-0.15, -0.1) is 11.3 Å². The number of nitrogen functional groups attached to an aromatic ring is 1. The molecule has 0 aliphatic rings. The number of rotatable bonds is 5. The van der Waals surface area contributed by atoms with Gasteiger partial charge in [0.25, 0.3) is 0 Å². The molecule has 0 aliphatic carbocycles. The van der Waals surface area contributed by atoms with Gasteiger partial charge in [0.05, 0.1) is 11.5 Å². The minimum Gasteiger partial charge on any atom is -0.364 e. The second-order valence-electron chi connectivity index (χ2n) is 4.01. The first-order valence-electron chi connectivity index (χ1n) is 5.61. The number of anilines is 2. The zero-order chi connectivity index (χ0) is 13.8. The summed E-state index contributed by atoms with van der Waals surface area (Å²) < 4.78 is 0. The van der Waals surface area contributed by atoms with E-state index in [9.17, 15) is 10.1 Å². The summed E-state index contributed by atoms with van der Waals surface area (Å²) in [5.41, 5.74) is 3.20. The standard InChI is InChI=1S/C12H14N4O2S/c1-15(8-9-4-3-7-19-9)11-6-2-5-10(14-13)12(11)16(17)18/h2-7,14H,8,13H2,1H3. The number of nitrogens with one attached hydrogen (secondary N) is 1. The van der Waals surface area contributed by atoms with E-state index < -0.39 is 4.92 Å². The van der Waals surface area contributed by atoms with Crippen molar-refractivity contribution in [1.29, 1.82) is 0 Å². The van der Waals surface area contributed by atoms with Crippen LogP contribution in [-0.2, 0) is 6.54 Å². The molecule has 19 heavy (non-hydrogen) atoms. The molecule has 0 atom stereocenters. The fourth-order valence-electron chi connectivity index (χ4n) is 1.87. The second kappa shape index (κ2) is 5.68. The van der Waals surface area contributed by atoms with Crippen molar-refractivity contribution in [3.8, 4) is 0 Å². The molecular weight excluding hydrogens is 264 g/mol. The highest BCUT2D eigenvalue weighted by Gasteiger charge is 2.21. The Kier molecular flexibility index (Phi) is 3.98. The summed E-state index contributed by atoms with van der Waals surface area (Å²) in [6, 6.07) is 8.99. The van der Waals surface area contributed by atoms with Crippen LogP contribution in [0.1, 0.15) is 4.88 Å². The summed E-state index contributed by atoms with van der Waals surface area (Å²) in [4.78, 5) is 13.8. The van der Waals surface area contributed by atoms with Gasteiger partial charge in [-0.05, 0) is 23.6 Å². The summed E-state index contributed by atoms with van der Waals surface area (Å²) in [5, 5.41) is 13.2. The zero-order valence-corrected chi connectivity index (χ0v) is 11.2. The molecule has 100 valence electrons. The Balaban J connectivity index is 2.35. The molecule has 0 fully saturated rings. The lowest BCUT2D eigenvalue weighted by molar-refractivity contribution is -0.383. The fraction of sp³-hybridized carbons (Fsp3) is 0.167. The Labute approximate surface area is 114 Å². The summed E-state index contributed by atoms with van der Waals surface area (Å²) in [6.07, 6.45) is 0. The minimum atomic E-state index is -0.421. The number of nitro groups is 1. The van der Waals surface area contributed by atoms with Gasteiger partial charge in [0, 0.05) is 11.9 Å². The molecule has 0 amide bonds. The molecule has 1 heterocycles. The molecule has 7 heteroatoms. The van der Waals surface area contributed by atoms with Crippen LogP contribution in [0.5, 0.6) is 0 Å². The summed E-state index contributed by atoms with van der Waals surface area (Å²) in [5.74, 6) is 5.32. The molecule has 0 bridgehead atoms. The van der Waals surface area contributed by atoms with Crippen LogP contribution in [0.25, 0.3) is 0 Å². The second-order valence-corrected chi connectivity index (χ2v) is 5.04. The average molecular weight is 278 g/mol. The average Bonchev–Trinajstić information content (AvgIpc) is 2.90. The van der Waals surface area contributed by atoms with Gasteiger partial charge >= 0.3 is 5.69 Å². The molecule has 0 saturated heterocycles. The van der Waals surface area contributed by atoms with Gasteiger partial charge in [0.2, 0.25) is 0 Å². The van der Waals surface area contributed by atoms with Crippen molar-refractivity contribution < 1.29 is 4.92 Å². The van der Waals surface area contributed by atoms with Crippen molar-refractivity contribution in [3.63, 3.8) is 0 Å². The number of nitrogens with two attached hydrogens (primary N) is 1. The number of thiophene rings is 1. The van der Waals surface area contributed by atoms with Gasteiger partial charge in [0.15, 0.2) is 0 Å². The molecule has 0 spiro atoms. The molecule has 3 N–H and O–H groups in total. The summed E-state index contributed by atoms with van der Waals surface area (Å²) >= 11 is 1.62. The van der Waals surface area contributed by atoms with Gasteiger partial charge in [-0.25, -0.2) is 0 Å². The lowest BCUT2D eigenvalue weighted by Gasteiger charge is -2.19. The molecule has 2 aromatic rings. The van der Waals surface area contributed by atoms with Crippen molar-refractivity contribution in [3.05, 3.63) is 50.7 Å². The maximum Gasteiger partial charge on any atom is 0.316 e. The highest BCUT2D eigenvalue weighted by molar-refractivity contribution is 7.09. The molecule has 0 unspecified atom stereocenters. The lowest BCUT2D eigenvalue weighted by atomic mass is 10.2. The van der Waals surface area contributed by atoms with E-state index in [0.29, 0.717) is 17.9 Å². The highest BCUT2D eigenvalue weighted by Crippen LogP contribution is 2.35. The Hall–Kier alpha value is -2.12. The molecule has 6 nitrogen and oxygen atoms in total. The molecule has 1 aromatic heterocycles. The third-order valence-electron chi connectivity index (χ3n) is 2.74. The van der Waals surface area contributed by atoms with Crippen molar-refractivity contribution in [2.24, 2.45) is 5.84 Å². The van der Waals surface area contributed by atoms with Crippen molar-refractivity contribution in [2.75, 3.05) is 17.4 Å². The van der Waals surface area contributed by atoms with Crippen LogP contribution >= 0.6 is 11.3 Å². The van der Waals surface area contributed by atoms with Gasteiger partial charge in [-0.1, -0.05) is 12.1 Å². The van der Waals surface area contributed by atoms with Gasteiger partial charge < -0.3 is 10.3 Å². The van der Waals surface area contributed by atoms with Crippen LogP contribution in [0.2, 0.25) is 0 Å². The minimum absolute atomic E-state index is 0.0101. The van der Waals surface area contributed by atoms with E-state index in [0.717, 1.165) is 4.88 Å². The van der Waals surface area contributed by atoms with E-state index in [2.05, 4.69) is 5.43 Å². The van der Waals surface area contributed by atoms with Crippen LogP contribution in [0.3, 0.4) is 0 Å². The fourth-order valence-corrected chi connectivity index (χ4v) is 2.63. The Morgan fingerprint density at radius 2 is 2.21 bits per heavy atom. The molecule has 0 saturated carbocycles. The number of benzene rings is 1. The number of hydrogen-bond donors (Lipinski definition) is 2. The van der Waals surface area contributed by atoms with E-state index >= 15 is 0 Å². The van der Waals surface area contributed by atoms with Gasteiger partial charge in [-0.2, -0.15) is 0 Å². The zero-order valence-electron chi connectivity index (χ0n) is 10.4. The Morgan fingerprint density at radius 3 is 2.79 bits per heavy atom. The monoisotopic (exact) mass is 278 g/mol. The van der Waals surface area contributed by atoms with Crippen LogP contribution < -0.4 is 16.2 Å². The number of hydrazine groups is 1. The van der Waals surface area contributed by atoms with E-state index in [4.69, 9.17) is 5.84 Å². The number of hydrogen-bond acceptors (Lipinski definition) is 6. The number of para-hydroxylation sites is 1. The molecular formula is C12H14N4O2S. The molecule has 2 rings (SSSR count). The van der Waals surface area contributed by atoms with E-state index in [-0.39, 0.29) is 5.69 Å². The number of nitro benzene ring substituents is 1. The molecule has 0 aliphatic heterocycles. The predicted octanol–water partition coefficient (Wildman–Crippen LogP) is 2.58. The normalized spacial score (nSPS) is 10.2. The van der Waals surface area contributed by atoms with E-state index in [1.165, 1.54) is 0 Å². The van der Waals surface area contributed by atoms with Crippen LogP contribution in [-0.4, -0.2) is 12.0 Å². The third kappa shape index (κ3) is 2.83. The lowest BCUT2D eigenvalue weighted by Crippen LogP contribution is -2.18. The quantitative estimate of drug-likeness (QED) is 0.499. The van der Waals surface area contributed by atoms with E-state index in [1.54, 1.807) is 29.5 Å². The first-order valence-corrected chi connectivity index (χ1v) is 6.49. The number of nitrogens with zero attached hydrogens (tertiary/aromatic N) is 2. The Morgan fingerprint density at radius 1 is 1.42 bits per heavy atom. The Bertz CT molecular complexity index is 571.